The first-order valence-corrected chi connectivity index (χ1v) is 5.57. The molecule has 16 heavy (non-hydrogen) atoms. The van der Waals surface area contributed by atoms with Gasteiger partial charge in [0, 0.05) is 5.75 Å². The smallest absolute Gasteiger partial charge is 0.352 e. The molecule has 1 fully saturated rings. The number of fused-ring (bicyclic) bond motifs is 1. The molecule has 0 radical (unpaired) electrons. The van der Waals surface area contributed by atoms with E-state index in [1.165, 1.54) is 11.8 Å². The minimum atomic E-state index is -1.22. The molecule has 3 N–H and O–H groups in total. The van der Waals surface area contributed by atoms with Crippen molar-refractivity contribution < 1.29 is 14.7 Å². The third-order valence-electron chi connectivity index (χ3n) is 2.55. The van der Waals surface area contributed by atoms with E-state index in [0.29, 0.717) is 11.3 Å². The Hall–Kier alpha value is -1.41. The summed E-state index contributed by atoms with van der Waals surface area (Å²) in [4.78, 5) is 33.8. The van der Waals surface area contributed by atoms with Gasteiger partial charge in [0.25, 0.3) is 0 Å². The first-order valence-electron chi connectivity index (χ1n) is 4.52. The van der Waals surface area contributed by atoms with Crippen LogP contribution in [0.2, 0.25) is 0 Å². The fraction of sp³-hybridized carbons (Fsp3) is 0.500. The number of nitrogens with two attached hydrogens (primary N) is 1. The summed E-state index contributed by atoms with van der Waals surface area (Å²) in [6.45, 7) is -0.208. The molecule has 86 valence electrons. The molecular weight excluding hydrogens is 234 g/mol. The highest BCUT2D eigenvalue weighted by Gasteiger charge is 2.51. The third kappa shape index (κ3) is 1.41. The minimum Gasteiger partial charge on any atom is -0.477 e. The highest BCUT2D eigenvalue weighted by atomic mass is 32.2. The van der Waals surface area contributed by atoms with Crippen molar-refractivity contribution in [2.45, 2.75) is 11.4 Å². The van der Waals surface area contributed by atoms with E-state index in [4.69, 9.17) is 10.8 Å². The molecule has 1 unspecified atom stereocenters. The number of carbonyl (C=O) groups excluding carboxylic acids is 1. The van der Waals surface area contributed by atoms with Crippen LogP contribution in [-0.4, -0.2) is 45.6 Å². The summed E-state index contributed by atoms with van der Waals surface area (Å²) in [7, 11) is 0. The number of carboxylic acids is 1. The monoisotopic (exact) mass is 243 g/mol. The fourth-order valence-electron chi connectivity index (χ4n) is 1.78. The number of carboxylic acid groups (broad SMARTS) is 1. The van der Waals surface area contributed by atoms with Crippen LogP contribution >= 0.6 is 11.8 Å². The van der Waals surface area contributed by atoms with E-state index in [9.17, 15) is 14.5 Å². The van der Waals surface area contributed by atoms with E-state index in [1.54, 1.807) is 0 Å². The number of β-lactam (4-membered cyclic amide) rings is 1. The number of aliphatic carboxylic acids is 1. The summed E-state index contributed by atoms with van der Waals surface area (Å²) in [6, 6.07) is -0.648. The third-order valence-corrected chi connectivity index (χ3v) is 3.91. The van der Waals surface area contributed by atoms with Gasteiger partial charge in [-0.25, -0.2) is 4.79 Å². The molecule has 0 saturated carbocycles. The maximum atomic E-state index is 11.4. The van der Waals surface area contributed by atoms with Gasteiger partial charge in [-0.1, -0.05) is 5.18 Å². The van der Waals surface area contributed by atoms with Crippen LogP contribution in [0.4, 0.5) is 0 Å². The van der Waals surface area contributed by atoms with Gasteiger partial charge in [0.15, 0.2) is 0 Å². The second-order valence-corrected chi connectivity index (χ2v) is 4.59. The summed E-state index contributed by atoms with van der Waals surface area (Å²) in [5.41, 5.74) is 5.78. The molecule has 0 aromatic heterocycles. The van der Waals surface area contributed by atoms with E-state index >= 15 is 0 Å². The lowest BCUT2D eigenvalue weighted by molar-refractivity contribution is -0.147. The molecule has 0 aromatic carbocycles. The van der Waals surface area contributed by atoms with Gasteiger partial charge in [0.2, 0.25) is 5.91 Å². The average molecular weight is 243 g/mol. The van der Waals surface area contributed by atoms with Crippen LogP contribution in [0.15, 0.2) is 16.4 Å². The van der Waals surface area contributed by atoms with Gasteiger partial charge in [0.05, 0.1) is 0 Å². The van der Waals surface area contributed by atoms with E-state index < -0.39 is 17.9 Å². The van der Waals surface area contributed by atoms with Crippen molar-refractivity contribution in [3.05, 3.63) is 16.2 Å². The topological polar surface area (TPSA) is 113 Å². The van der Waals surface area contributed by atoms with E-state index in [1.807, 2.05) is 0 Å². The Balaban J connectivity index is 2.37. The van der Waals surface area contributed by atoms with Crippen LogP contribution in [0.1, 0.15) is 0 Å². The molecule has 2 rings (SSSR count). The minimum absolute atomic E-state index is 0.130. The summed E-state index contributed by atoms with van der Waals surface area (Å²) in [5, 5.41) is 11.4. The van der Waals surface area contributed by atoms with E-state index in [0.717, 1.165) is 4.90 Å². The standard InChI is InChI=1S/C8H9N3O4S/c9-4-6(12)11-5(8(13)14)3(1-10-15)2-16-7(4)11/h4,7H,1-2,9H2,(H,13,14)/t4?,7-/m0/s1. The molecule has 0 aromatic rings. The highest BCUT2D eigenvalue weighted by Crippen LogP contribution is 2.39. The highest BCUT2D eigenvalue weighted by molar-refractivity contribution is 8.00. The lowest BCUT2D eigenvalue weighted by atomic mass is 10.0. The van der Waals surface area contributed by atoms with Gasteiger partial charge in [0.1, 0.15) is 23.7 Å². The number of rotatable bonds is 3. The number of nitroso groups, excluding NO2 is 1. The van der Waals surface area contributed by atoms with Crippen molar-refractivity contribution >= 4 is 23.6 Å². The zero-order valence-electron chi connectivity index (χ0n) is 8.12. The predicted octanol–water partition coefficient (Wildman–Crippen LogP) is -0.666. The maximum absolute atomic E-state index is 11.4. The number of carbonyl (C=O) groups is 2. The zero-order chi connectivity index (χ0) is 11.9. The number of hydrogen-bond donors (Lipinski definition) is 2. The molecule has 2 heterocycles. The quantitative estimate of drug-likeness (QED) is 0.502. The molecule has 2 aliphatic heterocycles. The molecule has 1 amide bonds. The Kier molecular flexibility index (Phi) is 2.68. The van der Waals surface area contributed by atoms with Crippen molar-refractivity contribution in [1.82, 2.24) is 4.90 Å². The molecular formula is C8H9N3O4S. The zero-order valence-corrected chi connectivity index (χ0v) is 8.94. The van der Waals surface area contributed by atoms with Crippen molar-refractivity contribution in [3.8, 4) is 0 Å². The second-order valence-electron chi connectivity index (χ2n) is 3.48. The van der Waals surface area contributed by atoms with Gasteiger partial charge >= 0.3 is 5.97 Å². The van der Waals surface area contributed by atoms with Crippen LogP contribution in [0, 0.1) is 4.91 Å². The van der Waals surface area contributed by atoms with Gasteiger partial charge in [-0.15, -0.1) is 11.8 Å². The number of thioether (sulfide) groups is 1. The van der Waals surface area contributed by atoms with Crippen molar-refractivity contribution in [2.24, 2.45) is 10.9 Å². The van der Waals surface area contributed by atoms with E-state index in [-0.39, 0.29) is 17.6 Å². The lowest BCUT2D eigenvalue weighted by Gasteiger charge is -2.47. The number of amides is 1. The van der Waals surface area contributed by atoms with Crippen LogP contribution in [0.5, 0.6) is 0 Å². The molecule has 7 nitrogen and oxygen atoms in total. The molecule has 0 spiro atoms. The number of nitrogens with zero attached hydrogens (tertiary/aromatic N) is 2. The Bertz CT molecular complexity index is 408. The summed E-state index contributed by atoms with van der Waals surface area (Å²) < 4.78 is 0. The molecule has 2 aliphatic rings. The molecule has 2 atom stereocenters. The second kappa shape index (κ2) is 3.87. The molecule has 0 aliphatic carbocycles. The van der Waals surface area contributed by atoms with Gasteiger partial charge in [-0.2, -0.15) is 4.91 Å². The van der Waals surface area contributed by atoms with Crippen molar-refractivity contribution in [1.29, 1.82) is 0 Å². The van der Waals surface area contributed by atoms with Gasteiger partial charge < -0.3 is 10.8 Å². The predicted molar refractivity (Wildman–Crippen MR) is 56.4 cm³/mol. The van der Waals surface area contributed by atoms with Crippen LogP contribution in [-0.2, 0) is 9.59 Å². The Morgan fingerprint density at radius 2 is 2.38 bits per heavy atom. The summed E-state index contributed by atoms with van der Waals surface area (Å²) >= 11 is 1.35. The average Bonchev–Trinajstić information content (AvgIpc) is 2.27. The van der Waals surface area contributed by atoms with Crippen LogP contribution in [0.25, 0.3) is 0 Å². The van der Waals surface area contributed by atoms with Gasteiger partial charge in [-0.05, 0) is 5.57 Å². The molecule has 1 saturated heterocycles. The first kappa shape index (κ1) is 11.1. The fourth-order valence-corrected chi connectivity index (χ4v) is 3.06. The first-order chi connectivity index (χ1) is 7.57. The SMILES string of the molecule is NC1C(=O)N2C(C(=O)O)=C(CN=O)CS[C@@H]12. The number of hydrogen-bond acceptors (Lipinski definition) is 6. The lowest BCUT2D eigenvalue weighted by Crippen LogP contribution is -2.68. The largest absolute Gasteiger partial charge is 0.477 e. The summed E-state index contributed by atoms with van der Waals surface area (Å²) in [5.74, 6) is -1.27. The Morgan fingerprint density at radius 3 is 2.94 bits per heavy atom. The Labute approximate surface area is 94.6 Å². The van der Waals surface area contributed by atoms with Crippen molar-refractivity contribution in [2.75, 3.05) is 12.3 Å². The normalized spacial score (nSPS) is 28.6. The maximum Gasteiger partial charge on any atom is 0.352 e. The van der Waals surface area contributed by atoms with Crippen LogP contribution in [0.3, 0.4) is 0 Å². The van der Waals surface area contributed by atoms with Crippen molar-refractivity contribution in [3.63, 3.8) is 0 Å². The van der Waals surface area contributed by atoms with E-state index in [2.05, 4.69) is 5.18 Å². The molecule has 8 heteroatoms. The summed E-state index contributed by atoms with van der Waals surface area (Å²) in [6.07, 6.45) is 0. The molecule has 0 bridgehead atoms. The Morgan fingerprint density at radius 1 is 1.69 bits per heavy atom. The van der Waals surface area contributed by atoms with Crippen LogP contribution < -0.4 is 5.73 Å². The van der Waals surface area contributed by atoms with Gasteiger partial charge in [-0.3, -0.25) is 9.69 Å².